The lowest BCUT2D eigenvalue weighted by atomic mass is 10.1. The second-order valence-corrected chi connectivity index (χ2v) is 7.38. The van der Waals surface area contributed by atoms with Crippen molar-refractivity contribution in [2.75, 3.05) is 4.90 Å². The van der Waals surface area contributed by atoms with Gasteiger partial charge in [0.05, 0.1) is 11.3 Å². The normalized spacial score (nSPS) is 15.2. The van der Waals surface area contributed by atoms with Gasteiger partial charge in [-0.05, 0) is 79.6 Å². The number of carboxylic acids is 1. The fraction of sp³-hybridized carbons (Fsp3) is 0.0833. The van der Waals surface area contributed by atoms with E-state index in [0.717, 1.165) is 16.0 Å². The molecule has 1 fully saturated rings. The highest BCUT2D eigenvalue weighted by Gasteiger charge is 2.37. The first-order chi connectivity index (χ1) is 15.3. The molecule has 0 unspecified atom stereocenters. The van der Waals surface area contributed by atoms with Gasteiger partial charge in [0, 0.05) is 17.6 Å². The molecule has 0 radical (unpaired) electrons. The number of carbonyl (C=O) groups excluding carboxylic acids is 3. The smallest absolute Gasteiger partial charge is 0.335 e. The van der Waals surface area contributed by atoms with Crippen LogP contribution < -0.4 is 10.2 Å². The molecule has 0 aliphatic carbocycles. The Morgan fingerprint density at radius 3 is 2.28 bits per heavy atom. The van der Waals surface area contributed by atoms with E-state index in [4.69, 9.17) is 5.11 Å². The molecule has 4 rings (SSSR count). The van der Waals surface area contributed by atoms with Crippen LogP contribution in [0.4, 0.5) is 10.5 Å². The van der Waals surface area contributed by atoms with Gasteiger partial charge < -0.3 is 9.67 Å². The first-order valence-electron chi connectivity index (χ1n) is 9.76. The molecule has 0 spiro atoms. The van der Waals surface area contributed by atoms with Crippen LogP contribution in [0.5, 0.6) is 0 Å². The summed E-state index contributed by atoms with van der Waals surface area (Å²) in [5, 5.41) is 11.3. The number of nitrogens with one attached hydrogen (secondary N) is 1. The maximum absolute atomic E-state index is 13.1. The first-order valence-corrected chi connectivity index (χ1v) is 9.76. The number of urea groups is 1. The Bertz CT molecular complexity index is 1300. The fourth-order valence-electron chi connectivity index (χ4n) is 3.42. The summed E-state index contributed by atoms with van der Waals surface area (Å²) in [4.78, 5) is 50.1. The van der Waals surface area contributed by atoms with E-state index in [1.165, 1.54) is 18.2 Å². The molecular weight excluding hydrogens is 410 g/mol. The van der Waals surface area contributed by atoms with E-state index in [9.17, 15) is 19.2 Å². The van der Waals surface area contributed by atoms with Gasteiger partial charge in [-0.1, -0.05) is 6.07 Å². The molecule has 1 aliphatic rings. The van der Waals surface area contributed by atoms with Gasteiger partial charge >= 0.3 is 12.0 Å². The molecule has 2 N–H and O–H groups in total. The van der Waals surface area contributed by atoms with E-state index in [0.29, 0.717) is 17.1 Å². The number of hydrogen-bond acceptors (Lipinski definition) is 4. The van der Waals surface area contributed by atoms with E-state index in [2.05, 4.69) is 5.32 Å². The monoisotopic (exact) mass is 429 g/mol. The van der Waals surface area contributed by atoms with Gasteiger partial charge in [0.25, 0.3) is 11.8 Å². The van der Waals surface area contributed by atoms with Crippen LogP contribution in [0.15, 0.2) is 66.4 Å². The van der Waals surface area contributed by atoms with Gasteiger partial charge in [-0.25, -0.2) is 14.5 Å². The Hall–Kier alpha value is -4.46. The predicted molar refractivity (Wildman–Crippen MR) is 118 cm³/mol. The Kier molecular flexibility index (Phi) is 5.19. The summed E-state index contributed by atoms with van der Waals surface area (Å²) >= 11 is 0. The Morgan fingerprint density at radius 2 is 1.62 bits per heavy atom. The number of hydrogen-bond donors (Lipinski definition) is 2. The second kappa shape index (κ2) is 7.99. The molecule has 160 valence electrons. The Labute approximate surface area is 183 Å². The summed E-state index contributed by atoms with van der Waals surface area (Å²) in [5.74, 6) is -2.54. The topological polar surface area (TPSA) is 109 Å². The van der Waals surface area contributed by atoms with Gasteiger partial charge in [0.2, 0.25) is 0 Å². The van der Waals surface area contributed by atoms with Crippen LogP contribution in [-0.2, 0) is 9.59 Å². The van der Waals surface area contributed by atoms with Crippen molar-refractivity contribution in [2.24, 2.45) is 0 Å². The first kappa shape index (κ1) is 20.8. The minimum atomic E-state index is -1.04. The van der Waals surface area contributed by atoms with Crippen LogP contribution in [0.2, 0.25) is 0 Å². The molecule has 1 aromatic heterocycles. The molecule has 8 heteroatoms. The number of rotatable bonds is 4. The van der Waals surface area contributed by atoms with Gasteiger partial charge in [-0.2, -0.15) is 0 Å². The molecule has 32 heavy (non-hydrogen) atoms. The van der Waals surface area contributed by atoms with Gasteiger partial charge in [-0.15, -0.1) is 0 Å². The minimum absolute atomic E-state index is 0.144. The lowest BCUT2D eigenvalue weighted by Gasteiger charge is -2.27. The van der Waals surface area contributed by atoms with E-state index in [1.807, 2.05) is 13.8 Å². The molecule has 0 saturated carbocycles. The number of aromatic carboxylic acids is 1. The molecule has 0 bridgehead atoms. The number of carboxylic acid groups (broad SMARTS) is 1. The number of carbonyl (C=O) groups is 4. The predicted octanol–water partition coefficient (Wildman–Crippen LogP) is 3.46. The average Bonchev–Trinajstić information content (AvgIpc) is 3.22. The standard InChI is InChI=1S/C24H19N3O5/c1-14-5-8-19(12-15(14)2)27-22(29)20(21(28)25-24(27)32)13-18-4-3-11-26(18)17-9-6-16(7-10-17)23(30)31/h3-13H,1-2H3,(H,30,31)(H,25,28,32)/b20-13-. The zero-order valence-corrected chi connectivity index (χ0v) is 17.3. The summed E-state index contributed by atoms with van der Waals surface area (Å²) in [7, 11) is 0. The van der Waals surface area contributed by atoms with Crippen LogP contribution in [-0.4, -0.2) is 33.5 Å². The summed E-state index contributed by atoms with van der Waals surface area (Å²) in [5.41, 5.74) is 3.41. The summed E-state index contributed by atoms with van der Waals surface area (Å²) in [6, 6.07) is 14.0. The third-order valence-corrected chi connectivity index (χ3v) is 5.32. The lowest BCUT2D eigenvalue weighted by molar-refractivity contribution is -0.122. The van der Waals surface area contributed by atoms with Crippen LogP contribution in [0.25, 0.3) is 11.8 Å². The summed E-state index contributed by atoms with van der Waals surface area (Å²) < 4.78 is 1.70. The second-order valence-electron chi connectivity index (χ2n) is 7.38. The molecule has 2 aromatic carbocycles. The SMILES string of the molecule is Cc1ccc(N2C(=O)NC(=O)/C(=C/c3cccn3-c3ccc(C(=O)O)cc3)C2=O)cc1C. The Morgan fingerprint density at radius 1 is 0.938 bits per heavy atom. The number of nitrogens with zero attached hydrogens (tertiary/aromatic N) is 2. The maximum Gasteiger partial charge on any atom is 0.335 e. The lowest BCUT2D eigenvalue weighted by Crippen LogP contribution is -2.54. The van der Waals surface area contributed by atoms with E-state index in [1.54, 1.807) is 53.2 Å². The number of barbiturate groups is 1. The molecule has 3 aromatic rings. The van der Waals surface area contributed by atoms with Crippen LogP contribution in [0.3, 0.4) is 0 Å². The van der Waals surface area contributed by atoms with Crippen molar-refractivity contribution in [1.29, 1.82) is 0 Å². The number of amides is 4. The number of imide groups is 2. The van der Waals surface area contributed by atoms with Crippen molar-refractivity contribution in [3.63, 3.8) is 0 Å². The summed E-state index contributed by atoms with van der Waals surface area (Å²) in [6.07, 6.45) is 3.13. The number of aryl methyl sites for hydroxylation is 2. The zero-order valence-electron chi connectivity index (χ0n) is 17.3. The molecule has 0 atom stereocenters. The molecule has 2 heterocycles. The number of benzene rings is 2. The number of anilines is 1. The van der Waals surface area contributed by atoms with Crippen molar-refractivity contribution in [3.05, 3.63) is 88.8 Å². The largest absolute Gasteiger partial charge is 0.478 e. The van der Waals surface area contributed by atoms with E-state index >= 15 is 0 Å². The number of aromatic nitrogens is 1. The van der Waals surface area contributed by atoms with Gasteiger partial charge in [-0.3, -0.25) is 14.9 Å². The van der Waals surface area contributed by atoms with Crippen LogP contribution >= 0.6 is 0 Å². The molecule has 1 saturated heterocycles. The van der Waals surface area contributed by atoms with Crippen molar-refractivity contribution in [3.8, 4) is 5.69 Å². The van der Waals surface area contributed by atoms with E-state index in [-0.39, 0.29) is 11.1 Å². The van der Waals surface area contributed by atoms with Crippen LogP contribution in [0.1, 0.15) is 27.2 Å². The Balaban J connectivity index is 1.72. The molecule has 4 amide bonds. The minimum Gasteiger partial charge on any atom is -0.478 e. The van der Waals surface area contributed by atoms with Crippen LogP contribution in [0, 0.1) is 13.8 Å². The highest BCUT2D eigenvalue weighted by Crippen LogP contribution is 2.25. The van der Waals surface area contributed by atoms with Gasteiger partial charge in [0.15, 0.2) is 0 Å². The van der Waals surface area contributed by atoms with E-state index < -0.39 is 23.8 Å². The quantitative estimate of drug-likeness (QED) is 0.488. The fourth-order valence-corrected chi connectivity index (χ4v) is 3.42. The molecule has 8 nitrogen and oxygen atoms in total. The third-order valence-electron chi connectivity index (χ3n) is 5.32. The highest BCUT2D eigenvalue weighted by atomic mass is 16.4. The molecular formula is C24H19N3O5. The van der Waals surface area contributed by atoms with Crippen molar-refractivity contribution >= 4 is 35.6 Å². The third kappa shape index (κ3) is 3.69. The highest BCUT2D eigenvalue weighted by molar-refractivity contribution is 6.39. The zero-order chi connectivity index (χ0) is 23.0. The van der Waals surface area contributed by atoms with Crippen molar-refractivity contribution in [2.45, 2.75) is 13.8 Å². The maximum atomic E-state index is 13.1. The van der Waals surface area contributed by atoms with Crippen molar-refractivity contribution in [1.82, 2.24) is 9.88 Å². The average molecular weight is 429 g/mol. The van der Waals surface area contributed by atoms with Gasteiger partial charge in [0.1, 0.15) is 5.57 Å². The molecule has 1 aliphatic heterocycles. The summed E-state index contributed by atoms with van der Waals surface area (Å²) in [6.45, 7) is 3.79. The van der Waals surface area contributed by atoms with Crippen molar-refractivity contribution < 1.29 is 24.3 Å².